The standard InChI is InChI=1S/C14H17ClN2/c1-2-7-17(10-11-3-4-11)13-6-5-12(9-16)14(15)8-13/h5-6,8,11H,2-4,7,10H2,1H3. The quantitative estimate of drug-likeness (QED) is 0.792. The highest BCUT2D eigenvalue weighted by Gasteiger charge is 2.24. The minimum absolute atomic E-state index is 0.554. The maximum Gasteiger partial charge on any atom is 0.101 e. The first kappa shape index (κ1) is 12.3. The molecule has 3 heteroatoms. The van der Waals surface area contributed by atoms with Crippen LogP contribution in [0, 0.1) is 17.2 Å². The van der Waals surface area contributed by atoms with Gasteiger partial charge in [0.15, 0.2) is 0 Å². The fourth-order valence-electron chi connectivity index (χ4n) is 2.00. The van der Waals surface area contributed by atoms with Crippen LogP contribution in [-0.2, 0) is 0 Å². The Morgan fingerprint density at radius 1 is 1.47 bits per heavy atom. The van der Waals surface area contributed by atoms with Crippen LogP contribution < -0.4 is 4.90 Å². The van der Waals surface area contributed by atoms with Crippen molar-refractivity contribution in [3.8, 4) is 6.07 Å². The van der Waals surface area contributed by atoms with Gasteiger partial charge in [-0.1, -0.05) is 18.5 Å². The summed E-state index contributed by atoms with van der Waals surface area (Å²) in [5.41, 5.74) is 1.70. The fraction of sp³-hybridized carbons (Fsp3) is 0.500. The molecule has 0 amide bonds. The molecule has 1 aromatic rings. The molecule has 0 N–H and O–H groups in total. The van der Waals surface area contributed by atoms with Crippen molar-refractivity contribution in [3.63, 3.8) is 0 Å². The Kier molecular flexibility index (Phi) is 3.91. The molecule has 1 fully saturated rings. The molecule has 1 aromatic carbocycles. The summed E-state index contributed by atoms with van der Waals surface area (Å²) in [6.07, 6.45) is 3.83. The summed E-state index contributed by atoms with van der Waals surface area (Å²) in [6.45, 7) is 4.36. The molecule has 0 radical (unpaired) electrons. The summed E-state index contributed by atoms with van der Waals surface area (Å²) in [6, 6.07) is 7.83. The molecule has 1 aliphatic rings. The largest absolute Gasteiger partial charge is 0.371 e. The van der Waals surface area contributed by atoms with Crippen molar-refractivity contribution in [2.24, 2.45) is 5.92 Å². The highest BCUT2D eigenvalue weighted by molar-refractivity contribution is 6.32. The van der Waals surface area contributed by atoms with Crippen LogP contribution in [0.5, 0.6) is 0 Å². The lowest BCUT2D eigenvalue weighted by Crippen LogP contribution is -2.26. The Hall–Kier alpha value is -1.20. The second-order valence-electron chi connectivity index (χ2n) is 4.67. The van der Waals surface area contributed by atoms with Gasteiger partial charge < -0.3 is 4.90 Å². The molecule has 0 spiro atoms. The Morgan fingerprint density at radius 3 is 2.76 bits per heavy atom. The Morgan fingerprint density at radius 2 is 2.24 bits per heavy atom. The van der Waals surface area contributed by atoms with Crippen LogP contribution in [0.25, 0.3) is 0 Å². The molecule has 2 rings (SSSR count). The summed E-state index contributed by atoms with van der Waals surface area (Å²) in [4.78, 5) is 2.38. The summed E-state index contributed by atoms with van der Waals surface area (Å²) in [7, 11) is 0. The number of rotatable bonds is 5. The molecule has 0 saturated heterocycles. The minimum Gasteiger partial charge on any atom is -0.371 e. The third-order valence-electron chi connectivity index (χ3n) is 3.11. The first-order valence-corrected chi connectivity index (χ1v) is 6.57. The molecule has 0 aliphatic heterocycles. The number of nitrogens with zero attached hydrogens (tertiary/aromatic N) is 2. The average Bonchev–Trinajstić information content (AvgIpc) is 3.12. The third-order valence-corrected chi connectivity index (χ3v) is 3.42. The topological polar surface area (TPSA) is 27.0 Å². The molecule has 0 aromatic heterocycles. The van der Waals surface area contributed by atoms with Crippen molar-refractivity contribution >= 4 is 17.3 Å². The molecule has 17 heavy (non-hydrogen) atoms. The van der Waals surface area contributed by atoms with Gasteiger partial charge in [0.1, 0.15) is 6.07 Å². The molecule has 0 heterocycles. The van der Waals surface area contributed by atoms with Crippen molar-refractivity contribution in [2.75, 3.05) is 18.0 Å². The van der Waals surface area contributed by atoms with Crippen LogP contribution in [0.1, 0.15) is 31.7 Å². The fourth-order valence-corrected chi connectivity index (χ4v) is 2.22. The number of benzene rings is 1. The van der Waals surface area contributed by atoms with E-state index in [1.54, 1.807) is 0 Å². The molecule has 0 atom stereocenters. The summed E-state index contributed by atoms with van der Waals surface area (Å²) in [5, 5.41) is 9.42. The lowest BCUT2D eigenvalue weighted by atomic mass is 10.2. The van der Waals surface area contributed by atoms with E-state index in [4.69, 9.17) is 16.9 Å². The smallest absolute Gasteiger partial charge is 0.101 e. The second kappa shape index (κ2) is 5.42. The lowest BCUT2D eigenvalue weighted by molar-refractivity contribution is 0.708. The van der Waals surface area contributed by atoms with E-state index in [0.717, 1.165) is 31.1 Å². The van der Waals surface area contributed by atoms with Crippen LogP contribution in [0.3, 0.4) is 0 Å². The first-order valence-electron chi connectivity index (χ1n) is 6.19. The summed E-state index contributed by atoms with van der Waals surface area (Å²) in [5.74, 6) is 0.857. The molecular weight excluding hydrogens is 232 g/mol. The number of hydrogen-bond acceptors (Lipinski definition) is 2. The molecule has 0 bridgehead atoms. The van der Waals surface area contributed by atoms with Gasteiger partial charge in [0, 0.05) is 18.8 Å². The van der Waals surface area contributed by atoms with Crippen LogP contribution in [0.15, 0.2) is 18.2 Å². The van der Waals surface area contributed by atoms with Gasteiger partial charge in [-0.15, -0.1) is 0 Å². The van der Waals surface area contributed by atoms with Crippen molar-refractivity contribution in [2.45, 2.75) is 26.2 Å². The van der Waals surface area contributed by atoms with Crippen molar-refractivity contribution in [1.82, 2.24) is 0 Å². The Bertz CT molecular complexity index is 432. The van der Waals surface area contributed by atoms with Crippen LogP contribution in [-0.4, -0.2) is 13.1 Å². The number of halogens is 1. The highest BCUT2D eigenvalue weighted by Crippen LogP contribution is 2.32. The van der Waals surface area contributed by atoms with Gasteiger partial charge in [-0.25, -0.2) is 0 Å². The maximum absolute atomic E-state index is 8.86. The zero-order chi connectivity index (χ0) is 12.3. The Balaban J connectivity index is 2.16. The summed E-state index contributed by atoms with van der Waals surface area (Å²) < 4.78 is 0. The SMILES string of the molecule is CCCN(CC1CC1)c1ccc(C#N)c(Cl)c1. The van der Waals surface area contributed by atoms with Crippen LogP contribution in [0.4, 0.5) is 5.69 Å². The van der Waals surface area contributed by atoms with Crippen LogP contribution >= 0.6 is 11.6 Å². The van der Waals surface area contributed by atoms with E-state index < -0.39 is 0 Å². The third kappa shape index (κ3) is 3.14. The highest BCUT2D eigenvalue weighted by atomic mass is 35.5. The lowest BCUT2D eigenvalue weighted by Gasteiger charge is -2.24. The summed E-state index contributed by atoms with van der Waals surface area (Å²) >= 11 is 6.08. The maximum atomic E-state index is 8.86. The van der Waals surface area contributed by atoms with E-state index in [2.05, 4.69) is 17.9 Å². The van der Waals surface area contributed by atoms with E-state index >= 15 is 0 Å². The Labute approximate surface area is 108 Å². The molecule has 0 unspecified atom stereocenters. The second-order valence-corrected chi connectivity index (χ2v) is 5.07. The zero-order valence-corrected chi connectivity index (χ0v) is 10.9. The van der Waals surface area contributed by atoms with Gasteiger partial charge in [-0.2, -0.15) is 5.26 Å². The molecule has 90 valence electrons. The van der Waals surface area contributed by atoms with Gasteiger partial charge in [0.2, 0.25) is 0 Å². The first-order chi connectivity index (χ1) is 8.24. The van der Waals surface area contributed by atoms with Gasteiger partial charge in [0.05, 0.1) is 10.6 Å². The molecule has 1 saturated carbocycles. The van der Waals surface area contributed by atoms with Crippen molar-refractivity contribution in [3.05, 3.63) is 28.8 Å². The number of anilines is 1. The molecular formula is C14H17ClN2. The predicted molar refractivity (Wildman–Crippen MR) is 71.4 cm³/mol. The van der Waals surface area contributed by atoms with E-state index in [1.807, 2.05) is 18.2 Å². The van der Waals surface area contributed by atoms with Gasteiger partial charge in [-0.05, 0) is 43.4 Å². The number of nitriles is 1. The van der Waals surface area contributed by atoms with E-state index in [9.17, 15) is 0 Å². The molecule has 1 aliphatic carbocycles. The van der Waals surface area contributed by atoms with Crippen molar-refractivity contribution in [1.29, 1.82) is 5.26 Å². The monoisotopic (exact) mass is 248 g/mol. The van der Waals surface area contributed by atoms with E-state index in [1.165, 1.54) is 12.8 Å². The minimum atomic E-state index is 0.554. The van der Waals surface area contributed by atoms with E-state index in [-0.39, 0.29) is 0 Å². The van der Waals surface area contributed by atoms with Gasteiger partial charge >= 0.3 is 0 Å². The van der Waals surface area contributed by atoms with Crippen molar-refractivity contribution < 1.29 is 0 Å². The predicted octanol–water partition coefficient (Wildman–Crippen LogP) is 3.84. The zero-order valence-electron chi connectivity index (χ0n) is 10.1. The van der Waals surface area contributed by atoms with E-state index in [0.29, 0.717) is 10.6 Å². The van der Waals surface area contributed by atoms with Gasteiger partial charge in [0.25, 0.3) is 0 Å². The average molecular weight is 249 g/mol. The normalized spacial score (nSPS) is 14.4. The number of hydrogen-bond donors (Lipinski definition) is 0. The van der Waals surface area contributed by atoms with Crippen LogP contribution in [0.2, 0.25) is 5.02 Å². The van der Waals surface area contributed by atoms with Gasteiger partial charge in [-0.3, -0.25) is 0 Å². The molecule has 2 nitrogen and oxygen atoms in total.